The van der Waals surface area contributed by atoms with Crippen molar-refractivity contribution in [2.45, 2.75) is 38.1 Å². The molecule has 0 amide bonds. The Hall–Kier alpha value is -0.700. The van der Waals surface area contributed by atoms with Crippen LogP contribution in [-0.2, 0) is 5.88 Å². The fourth-order valence-corrected chi connectivity index (χ4v) is 1.99. The molecule has 2 heterocycles. The van der Waals surface area contributed by atoms with Gasteiger partial charge in [0.25, 0.3) is 6.01 Å². The van der Waals surface area contributed by atoms with Crippen LogP contribution >= 0.6 is 11.6 Å². The summed E-state index contributed by atoms with van der Waals surface area (Å²) in [6.07, 6.45) is 5.39. The van der Waals surface area contributed by atoms with Crippen LogP contribution in [0.2, 0.25) is 0 Å². The molecule has 3 nitrogen and oxygen atoms in total. The molecule has 0 saturated carbocycles. The van der Waals surface area contributed by atoms with Crippen LogP contribution in [0.3, 0.4) is 0 Å². The van der Waals surface area contributed by atoms with Crippen molar-refractivity contribution >= 4 is 17.6 Å². The smallest absolute Gasteiger partial charge is 0.297 e. The molecule has 0 spiro atoms. The van der Waals surface area contributed by atoms with Gasteiger partial charge in [0.1, 0.15) is 6.26 Å². The molecule has 0 aliphatic carbocycles. The second-order valence-electron chi connectivity index (χ2n) is 3.79. The minimum absolute atomic E-state index is 0.422. The predicted octanol–water partition coefficient (Wildman–Crippen LogP) is 2.79. The van der Waals surface area contributed by atoms with E-state index in [1.54, 1.807) is 6.26 Å². The summed E-state index contributed by atoms with van der Waals surface area (Å²) in [7, 11) is 0. The number of halogens is 1. The molecule has 0 N–H and O–H groups in total. The summed E-state index contributed by atoms with van der Waals surface area (Å²) in [5.41, 5.74) is 0.819. The topological polar surface area (TPSA) is 29.3 Å². The van der Waals surface area contributed by atoms with Crippen LogP contribution in [0, 0.1) is 0 Å². The standard InChI is InChI=1S/C10H15ClN2O/c1-8-4-2-3-5-13(8)10-12-9(6-11)7-14-10/h7-8H,2-6H2,1H3. The minimum atomic E-state index is 0.422. The number of nitrogens with zero attached hydrogens (tertiary/aromatic N) is 2. The number of aromatic nitrogens is 1. The molecule has 4 heteroatoms. The third-order valence-corrected chi connectivity index (χ3v) is 3.00. The zero-order chi connectivity index (χ0) is 9.97. The fourth-order valence-electron chi connectivity index (χ4n) is 1.87. The van der Waals surface area contributed by atoms with Gasteiger partial charge in [-0.05, 0) is 26.2 Å². The van der Waals surface area contributed by atoms with Gasteiger partial charge in [0, 0.05) is 12.6 Å². The lowest BCUT2D eigenvalue weighted by atomic mass is 10.0. The first kappa shape index (κ1) is 9.84. The van der Waals surface area contributed by atoms with Crippen LogP contribution in [0.5, 0.6) is 0 Å². The Labute approximate surface area is 89.1 Å². The Morgan fingerprint density at radius 2 is 2.50 bits per heavy atom. The van der Waals surface area contributed by atoms with Crippen LogP contribution in [0.4, 0.5) is 6.01 Å². The maximum absolute atomic E-state index is 5.67. The Bertz CT molecular complexity index is 300. The molecule has 0 radical (unpaired) electrons. The molecular formula is C10H15ClN2O. The van der Waals surface area contributed by atoms with Gasteiger partial charge in [-0.3, -0.25) is 0 Å². The van der Waals surface area contributed by atoms with E-state index in [0.717, 1.165) is 18.3 Å². The summed E-state index contributed by atoms with van der Waals surface area (Å²) in [6, 6.07) is 1.26. The van der Waals surface area contributed by atoms with Crippen molar-refractivity contribution in [1.82, 2.24) is 4.98 Å². The third-order valence-electron chi connectivity index (χ3n) is 2.73. The molecule has 1 aliphatic heterocycles. The zero-order valence-electron chi connectivity index (χ0n) is 8.37. The quantitative estimate of drug-likeness (QED) is 0.709. The molecule has 14 heavy (non-hydrogen) atoms. The highest BCUT2D eigenvalue weighted by Gasteiger charge is 2.22. The first-order valence-electron chi connectivity index (χ1n) is 5.08. The van der Waals surface area contributed by atoms with Crippen LogP contribution in [0.25, 0.3) is 0 Å². The van der Waals surface area contributed by atoms with Crippen molar-refractivity contribution in [3.8, 4) is 0 Å². The number of hydrogen-bond donors (Lipinski definition) is 0. The normalized spacial score (nSPS) is 22.7. The third kappa shape index (κ3) is 1.87. The van der Waals surface area contributed by atoms with Crippen LogP contribution in [0.1, 0.15) is 31.9 Å². The number of alkyl halides is 1. The maximum atomic E-state index is 5.67. The fraction of sp³-hybridized carbons (Fsp3) is 0.700. The van der Waals surface area contributed by atoms with E-state index in [4.69, 9.17) is 16.0 Å². The van der Waals surface area contributed by atoms with Gasteiger partial charge in [0.15, 0.2) is 0 Å². The average Bonchev–Trinajstić information content (AvgIpc) is 2.67. The SMILES string of the molecule is CC1CCCCN1c1nc(CCl)co1. The van der Waals surface area contributed by atoms with E-state index in [-0.39, 0.29) is 0 Å². The number of anilines is 1. The van der Waals surface area contributed by atoms with Gasteiger partial charge in [0.05, 0.1) is 11.6 Å². The van der Waals surface area contributed by atoms with Crippen molar-refractivity contribution in [1.29, 1.82) is 0 Å². The largest absolute Gasteiger partial charge is 0.432 e. The molecule has 1 saturated heterocycles. The van der Waals surface area contributed by atoms with Gasteiger partial charge in [-0.1, -0.05) is 0 Å². The molecule has 1 aromatic rings. The van der Waals surface area contributed by atoms with E-state index >= 15 is 0 Å². The Balaban J connectivity index is 2.12. The van der Waals surface area contributed by atoms with Gasteiger partial charge in [-0.2, -0.15) is 4.98 Å². The van der Waals surface area contributed by atoms with Gasteiger partial charge < -0.3 is 9.32 Å². The van der Waals surface area contributed by atoms with E-state index in [1.165, 1.54) is 19.3 Å². The summed E-state index contributed by atoms with van der Waals surface area (Å²) in [4.78, 5) is 6.55. The summed E-state index contributed by atoms with van der Waals surface area (Å²) in [6.45, 7) is 3.26. The van der Waals surface area contributed by atoms with Crippen LogP contribution in [-0.4, -0.2) is 17.6 Å². The molecule has 2 rings (SSSR count). The molecule has 0 bridgehead atoms. The Morgan fingerprint density at radius 1 is 1.64 bits per heavy atom. The van der Waals surface area contributed by atoms with Crippen molar-refractivity contribution in [2.75, 3.05) is 11.4 Å². The molecule has 0 aromatic carbocycles. The van der Waals surface area contributed by atoms with E-state index in [0.29, 0.717) is 11.9 Å². The summed E-state index contributed by atoms with van der Waals surface area (Å²) >= 11 is 5.67. The average molecular weight is 215 g/mol. The van der Waals surface area contributed by atoms with Crippen molar-refractivity contribution in [3.63, 3.8) is 0 Å². The molecular weight excluding hydrogens is 200 g/mol. The molecule has 1 atom stereocenters. The second-order valence-corrected chi connectivity index (χ2v) is 4.06. The Morgan fingerprint density at radius 3 is 3.14 bits per heavy atom. The molecule has 1 aromatic heterocycles. The van der Waals surface area contributed by atoms with Gasteiger partial charge in [0.2, 0.25) is 0 Å². The van der Waals surface area contributed by atoms with E-state index in [2.05, 4.69) is 16.8 Å². The van der Waals surface area contributed by atoms with Crippen molar-refractivity contribution < 1.29 is 4.42 Å². The monoisotopic (exact) mass is 214 g/mol. The maximum Gasteiger partial charge on any atom is 0.297 e. The van der Waals surface area contributed by atoms with Gasteiger partial charge in [-0.25, -0.2) is 0 Å². The van der Waals surface area contributed by atoms with Crippen LogP contribution < -0.4 is 4.90 Å². The predicted molar refractivity (Wildman–Crippen MR) is 56.7 cm³/mol. The number of hydrogen-bond acceptors (Lipinski definition) is 3. The highest BCUT2D eigenvalue weighted by Crippen LogP contribution is 2.23. The molecule has 1 unspecified atom stereocenters. The number of rotatable bonds is 2. The van der Waals surface area contributed by atoms with E-state index in [9.17, 15) is 0 Å². The van der Waals surface area contributed by atoms with E-state index < -0.39 is 0 Å². The minimum Gasteiger partial charge on any atom is -0.432 e. The Kier molecular flexibility index (Phi) is 2.96. The second kappa shape index (κ2) is 4.22. The highest BCUT2D eigenvalue weighted by atomic mass is 35.5. The van der Waals surface area contributed by atoms with Crippen molar-refractivity contribution in [3.05, 3.63) is 12.0 Å². The van der Waals surface area contributed by atoms with Gasteiger partial charge >= 0.3 is 0 Å². The lowest BCUT2D eigenvalue weighted by molar-refractivity contribution is 0.434. The highest BCUT2D eigenvalue weighted by molar-refractivity contribution is 6.16. The summed E-state index contributed by atoms with van der Waals surface area (Å²) in [5, 5.41) is 0. The molecule has 1 aliphatic rings. The molecule has 78 valence electrons. The lowest BCUT2D eigenvalue weighted by Crippen LogP contribution is -2.37. The zero-order valence-corrected chi connectivity index (χ0v) is 9.13. The summed E-state index contributed by atoms with van der Waals surface area (Å²) in [5.74, 6) is 0.422. The summed E-state index contributed by atoms with van der Waals surface area (Å²) < 4.78 is 5.40. The van der Waals surface area contributed by atoms with Crippen molar-refractivity contribution in [2.24, 2.45) is 0 Å². The van der Waals surface area contributed by atoms with Gasteiger partial charge in [-0.15, -0.1) is 11.6 Å². The number of oxazole rings is 1. The lowest BCUT2D eigenvalue weighted by Gasteiger charge is -2.31. The van der Waals surface area contributed by atoms with Crippen LogP contribution in [0.15, 0.2) is 10.7 Å². The first-order valence-corrected chi connectivity index (χ1v) is 5.61. The first-order chi connectivity index (χ1) is 6.81. The molecule has 1 fully saturated rings. The number of piperidine rings is 1. The van der Waals surface area contributed by atoms with E-state index in [1.807, 2.05) is 0 Å².